The van der Waals surface area contributed by atoms with Crippen LogP contribution in [-0.4, -0.2) is 14.2 Å². The Balaban J connectivity index is 2.17. The van der Waals surface area contributed by atoms with E-state index in [2.05, 4.69) is 5.32 Å². The van der Waals surface area contributed by atoms with E-state index in [4.69, 9.17) is 14.7 Å². The van der Waals surface area contributed by atoms with Gasteiger partial charge in [0.1, 0.15) is 17.4 Å². The van der Waals surface area contributed by atoms with Gasteiger partial charge in [0.2, 0.25) is 0 Å². The minimum Gasteiger partial charge on any atom is -0.493 e. The Morgan fingerprint density at radius 1 is 1.14 bits per heavy atom. The summed E-state index contributed by atoms with van der Waals surface area (Å²) in [4.78, 5) is 0. The molecule has 5 heteroatoms. The average Bonchev–Trinajstić information content (AvgIpc) is 2.52. The SMILES string of the molecule is COc1ccc(CNc2cccc(F)c2C#N)cc1OC. The Morgan fingerprint density at radius 3 is 2.57 bits per heavy atom. The van der Waals surface area contributed by atoms with Crippen molar-refractivity contribution in [3.05, 3.63) is 53.3 Å². The number of hydrogen-bond donors (Lipinski definition) is 1. The number of hydrogen-bond acceptors (Lipinski definition) is 4. The molecule has 108 valence electrons. The highest BCUT2D eigenvalue weighted by Gasteiger charge is 2.08. The van der Waals surface area contributed by atoms with Crippen LogP contribution in [0.15, 0.2) is 36.4 Å². The molecule has 0 saturated heterocycles. The van der Waals surface area contributed by atoms with Gasteiger partial charge < -0.3 is 14.8 Å². The number of ether oxygens (including phenoxy) is 2. The zero-order valence-corrected chi connectivity index (χ0v) is 11.8. The Kier molecular flexibility index (Phi) is 4.62. The smallest absolute Gasteiger partial charge is 0.161 e. The van der Waals surface area contributed by atoms with Crippen molar-refractivity contribution in [2.75, 3.05) is 19.5 Å². The second-order valence-corrected chi connectivity index (χ2v) is 4.32. The van der Waals surface area contributed by atoms with Crippen LogP contribution in [-0.2, 0) is 6.54 Å². The summed E-state index contributed by atoms with van der Waals surface area (Å²) in [5.74, 6) is 0.732. The van der Waals surface area contributed by atoms with Crippen molar-refractivity contribution < 1.29 is 13.9 Å². The van der Waals surface area contributed by atoms with Gasteiger partial charge in [0, 0.05) is 6.54 Å². The lowest BCUT2D eigenvalue weighted by Crippen LogP contribution is -2.03. The fraction of sp³-hybridized carbons (Fsp3) is 0.188. The highest BCUT2D eigenvalue weighted by Crippen LogP contribution is 2.28. The lowest BCUT2D eigenvalue weighted by molar-refractivity contribution is 0.354. The molecule has 0 aliphatic carbocycles. The fourth-order valence-corrected chi connectivity index (χ4v) is 1.97. The minimum absolute atomic E-state index is 0.0120. The van der Waals surface area contributed by atoms with Crippen LogP contribution in [0.5, 0.6) is 11.5 Å². The Hall–Kier alpha value is -2.74. The summed E-state index contributed by atoms with van der Waals surface area (Å²) in [6, 6.07) is 11.9. The summed E-state index contributed by atoms with van der Waals surface area (Å²) in [5.41, 5.74) is 1.41. The lowest BCUT2D eigenvalue weighted by atomic mass is 10.1. The zero-order valence-electron chi connectivity index (χ0n) is 11.8. The summed E-state index contributed by atoms with van der Waals surface area (Å²) < 4.78 is 23.9. The Morgan fingerprint density at radius 2 is 1.90 bits per heavy atom. The highest BCUT2D eigenvalue weighted by atomic mass is 19.1. The second-order valence-electron chi connectivity index (χ2n) is 4.32. The van der Waals surface area contributed by atoms with Crippen LogP contribution in [0.25, 0.3) is 0 Å². The highest BCUT2D eigenvalue weighted by molar-refractivity contribution is 5.58. The van der Waals surface area contributed by atoms with Crippen LogP contribution in [0.1, 0.15) is 11.1 Å². The van der Waals surface area contributed by atoms with Gasteiger partial charge in [-0.15, -0.1) is 0 Å². The molecule has 0 saturated carbocycles. The van der Waals surface area contributed by atoms with Crippen LogP contribution < -0.4 is 14.8 Å². The number of rotatable bonds is 5. The molecule has 0 amide bonds. The molecule has 0 atom stereocenters. The van der Waals surface area contributed by atoms with Crippen molar-refractivity contribution in [2.24, 2.45) is 0 Å². The minimum atomic E-state index is -0.533. The molecule has 0 bridgehead atoms. The van der Waals surface area contributed by atoms with Gasteiger partial charge in [0.05, 0.1) is 19.9 Å². The van der Waals surface area contributed by atoms with E-state index in [0.29, 0.717) is 23.7 Å². The summed E-state index contributed by atoms with van der Waals surface area (Å²) in [7, 11) is 3.14. The molecule has 2 rings (SSSR count). The lowest BCUT2D eigenvalue weighted by Gasteiger charge is -2.12. The van der Waals surface area contributed by atoms with E-state index in [0.717, 1.165) is 5.56 Å². The number of nitrogens with zero attached hydrogens (tertiary/aromatic N) is 1. The topological polar surface area (TPSA) is 54.3 Å². The first-order chi connectivity index (χ1) is 10.2. The van der Waals surface area contributed by atoms with Gasteiger partial charge in [-0.3, -0.25) is 0 Å². The maximum absolute atomic E-state index is 13.5. The number of benzene rings is 2. The molecule has 0 fully saturated rings. The fourth-order valence-electron chi connectivity index (χ4n) is 1.97. The standard InChI is InChI=1S/C16H15FN2O2/c1-20-15-7-6-11(8-16(15)21-2)10-19-14-5-3-4-13(17)12(14)9-18/h3-8,19H,10H2,1-2H3. The summed E-state index contributed by atoms with van der Waals surface area (Å²) >= 11 is 0. The third kappa shape index (κ3) is 3.23. The van der Waals surface area contributed by atoms with E-state index in [1.165, 1.54) is 6.07 Å². The van der Waals surface area contributed by atoms with Gasteiger partial charge in [-0.2, -0.15) is 5.26 Å². The van der Waals surface area contributed by atoms with Crippen molar-refractivity contribution in [2.45, 2.75) is 6.54 Å². The van der Waals surface area contributed by atoms with Crippen molar-refractivity contribution in [3.8, 4) is 17.6 Å². The van der Waals surface area contributed by atoms with E-state index < -0.39 is 5.82 Å². The molecule has 1 N–H and O–H groups in total. The molecule has 2 aromatic rings. The van der Waals surface area contributed by atoms with Gasteiger partial charge in [-0.1, -0.05) is 12.1 Å². The maximum Gasteiger partial charge on any atom is 0.161 e. The first kappa shape index (κ1) is 14.7. The zero-order chi connectivity index (χ0) is 15.2. The molecule has 0 spiro atoms. The number of methoxy groups -OCH3 is 2. The van der Waals surface area contributed by atoms with Crippen LogP contribution in [0.3, 0.4) is 0 Å². The number of nitriles is 1. The Bertz CT molecular complexity index is 680. The van der Waals surface area contributed by atoms with Gasteiger partial charge in [0.25, 0.3) is 0 Å². The first-order valence-corrected chi connectivity index (χ1v) is 6.33. The summed E-state index contributed by atoms with van der Waals surface area (Å²) in [6.45, 7) is 0.443. The Labute approximate surface area is 122 Å². The van der Waals surface area contributed by atoms with Crippen molar-refractivity contribution in [1.82, 2.24) is 0 Å². The van der Waals surface area contributed by atoms with Crippen LogP contribution >= 0.6 is 0 Å². The van der Waals surface area contributed by atoms with Crippen molar-refractivity contribution in [1.29, 1.82) is 5.26 Å². The van der Waals surface area contributed by atoms with E-state index in [1.807, 2.05) is 18.2 Å². The predicted molar refractivity (Wildman–Crippen MR) is 78.0 cm³/mol. The molecule has 4 nitrogen and oxygen atoms in total. The van der Waals surface area contributed by atoms with Crippen molar-refractivity contribution in [3.63, 3.8) is 0 Å². The average molecular weight is 286 g/mol. The van der Waals surface area contributed by atoms with Gasteiger partial charge in [-0.05, 0) is 29.8 Å². The molecule has 0 aliphatic heterocycles. The molecular weight excluding hydrogens is 271 g/mol. The monoisotopic (exact) mass is 286 g/mol. The van der Waals surface area contributed by atoms with Gasteiger partial charge >= 0.3 is 0 Å². The molecular formula is C16H15FN2O2. The predicted octanol–water partition coefficient (Wildman–Crippen LogP) is 3.33. The molecule has 0 aromatic heterocycles. The number of nitrogens with one attached hydrogen (secondary N) is 1. The third-order valence-corrected chi connectivity index (χ3v) is 3.06. The van der Waals surface area contributed by atoms with Crippen molar-refractivity contribution >= 4 is 5.69 Å². The molecule has 0 radical (unpaired) electrons. The van der Waals surface area contributed by atoms with E-state index in [9.17, 15) is 4.39 Å². The summed E-state index contributed by atoms with van der Waals surface area (Å²) in [6.07, 6.45) is 0. The molecule has 21 heavy (non-hydrogen) atoms. The van der Waals surface area contributed by atoms with Crippen LogP contribution in [0.2, 0.25) is 0 Å². The largest absolute Gasteiger partial charge is 0.493 e. The molecule has 0 unspecified atom stereocenters. The normalized spacial score (nSPS) is 9.81. The molecule has 0 heterocycles. The van der Waals surface area contributed by atoms with E-state index in [1.54, 1.807) is 32.4 Å². The van der Waals surface area contributed by atoms with Crippen LogP contribution in [0.4, 0.5) is 10.1 Å². The van der Waals surface area contributed by atoms with E-state index in [-0.39, 0.29) is 5.56 Å². The molecule has 2 aromatic carbocycles. The first-order valence-electron chi connectivity index (χ1n) is 6.33. The molecule has 0 aliphatic rings. The second kappa shape index (κ2) is 6.62. The van der Waals surface area contributed by atoms with Crippen LogP contribution in [0, 0.1) is 17.1 Å². The third-order valence-electron chi connectivity index (χ3n) is 3.06. The van der Waals surface area contributed by atoms with Gasteiger partial charge in [-0.25, -0.2) is 4.39 Å². The van der Waals surface area contributed by atoms with Gasteiger partial charge in [0.15, 0.2) is 11.5 Å². The summed E-state index contributed by atoms with van der Waals surface area (Å²) in [5, 5.41) is 12.0. The number of anilines is 1. The quantitative estimate of drug-likeness (QED) is 0.916. The van der Waals surface area contributed by atoms with E-state index >= 15 is 0 Å². The number of halogens is 1. The maximum atomic E-state index is 13.5.